The van der Waals surface area contributed by atoms with Gasteiger partial charge in [-0.1, -0.05) is 0 Å². The van der Waals surface area contributed by atoms with Crippen LogP contribution in [-0.4, -0.2) is 35.1 Å². The van der Waals surface area contributed by atoms with Gasteiger partial charge in [-0.15, -0.1) is 0 Å². The van der Waals surface area contributed by atoms with E-state index in [-0.39, 0.29) is 18.1 Å². The van der Waals surface area contributed by atoms with Gasteiger partial charge in [-0.05, 0) is 23.8 Å². The lowest BCUT2D eigenvalue weighted by Gasteiger charge is -2.14. The number of benzene rings is 1. The molecule has 3 N–H and O–H groups in total. The molecule has 20 heavy (non-hydrogen) atoms. The topological polar surface area (TPSA) is 91.4 Å². The van der Waals surface area contributed by atoms with Crippen molar-refractivity contribution in [2.24, 2.45) is 0 Å². The molecule has 6 nitrogen and oxygen atoms in total. The maximum atomic E-state index is 11.7. The van der Waals surface area contributed by atoms with Gasteiger partial charge in [0, 0.05) is 30.4 Å². The summed E-state index contributed by atoms with van der Waals surface area (Å²) in [6.45, 7) is 1.34. The number of aromatic nitrogens is 1. The summed E-state index contributed by atoms with van der Waals surface area (Å²) in [5, 5.41) is 12.9. The first kappa shape index (κ1) is 13.9. The number of phenols is 1. The fraction of sp³-hybridized carbons (Fsp3) is 0.286. The number of carbonyl (C=O) groups excluding carboxylic acids is 2. The molecule has 0 spiro atoms. The molecule has 106 valence electrons. The molecule has 1 heterocycles. The molecular formula is C14H16N2O4. The molecule has 1 aromatic heterocycles. The molecule has 0 fully saturated rings. The Labute approximate surface area is 115 Å². The molecule has 1 unspecified atom stereocenters. The summed E-state index contributed by atoms with van der Waals surface area (Å²) >= 11 is 0. The molecule has 2 aromatic rings. The van der Waals surface area contributed by atoms with E-state index in [2.05, 4.69) is 15.0 Å². The van der Waals surface area contributed by atoms with Crippen LogP contribution in [0.1, 0.15) is 12.5 Å². The van der Waals surface area contributed by atoms with Crippen LogP contribution >= 0.6 is 0 Å². The maximum Gasteiger partial charge on any atom is 0.328 e. The molecule has 0 saturated heterocycles. The minimum absolute atomic E-state index is 0.146. The van der Waals surface area contributed by atoms with Crippen LogP contribution in [0.5, 0.6) is 5.75 Å². The van der Waals surface area contributed by atoms with Gasteiger partial charge >= 0.3 is 5.97 Å². The van der Waals surface area contributed by atoms with Crippen molar-refractivity contribution in [3.63, 3.8) is 0 Å². The highest BCUT2D eigenvalue weighted by molar-refractivity contribution is 5.87. The quantitative estimate of drug-likeness (QED) is 0.729. The first-order valence-corrected chi connectivity index (χ1v) is 6.15. The van der Waals surface area contributed by atoms with Gasteiger partial charge in [-0.25, -0.2) is 4.79 Å². The Hall–Kier alpha value is -2.50. The summed E-state index contributed by atoms with van der Waals surface area (Å²) in [5.41, 5.74) is 1.67. The maximum absolute atomic E-state index is 11.7. The van der Waals surface area contributed by atoms with Crippen molar-refractivity contribution >= 4 is 22.8 Å². The Morgan fingerprint density at radius 3 is 2.85 bits per heavy atom. The molecule has 2 rings (SSSR count). The molecule has 6 heteroatoms. The lowest BCUT2D eigenvalue weighted by atomic mass is 10.0. The second-order valence-electron chi connectivity index (χ2n) is 4.52. The molecule has 0 bridgehead atoms. The van der Waals surface area contributed by atoms with Crippen LogP contribution in [0.2, 0.25) is 0 Å². The van der Waals surface area contributed by atoms with Crippen molar-refractivity contribution in [2.45, 2.75) is 19.4 Å². The zero-order valence-electron chi connectivity index (χ0n) is 11.3. The van der Waals surface area contributed by atoms with Crippen LogP contribution < -0.4 is 5.32 Å². The standard InChI is InChI=1S/C14H16N2O4/c1-8(17)16-13(14(19)20-2)5-9-7-15-12-4-3-10(18)6-11(9)12/h3-4,6-7,13,15,18H,5H2,1-2H3,(H,16,17). The molecule has 1 amide bonds. The van der Waals surface area contributed by atoms with E-state index in [0.717, 1.165) is 16.5 Å². The summed E-state index contributed by atoms with van der Waals surface area (Å²) in [6, 6.07) is 4.19. The van der Waals surface area contributed by atoms with Crippen LogP contribution in [0.4, 0.5) is 0 Å². The number of aromatic amines is 1. The lowest BCUT2D eigenvalue weighted by Crippen LogP contribution is -2.41. The van der Waals surface area contributed by atoms with E-state index in [4.69, 9.17) is 0 Å². The largest absolute Gasteiger partial charge is 0.508 e. The van der Waals surface area contributed by atoms with Gasteiger partial charge in [-0.3, -0.25) is 4.79 Å². The average molecular weight is 276 g/mol. The third-order valence-corrected chi connectivity index (χ3v) is 3.04. The number of carbonyl (C=O) groups is 2. The number of nitrogens with one attached hydrogen (secondary N) is 2. The summed E-state index contributed by atoms with van der Waals surface area (Å²) in [6.07, 6.45) is 2.04. The van der Waals surface area contributed by atoms with Crippen LogP contribution in [0.25, 0.3) is 10.9 Å². The Bertz CT molecular complexity index is 648. The smallest absolute Gasteiger partial charge is 0.328 e. The highest BCUT2D eigenvalue weighted by Gasteiger charge is 2.22. The number of ether oxygens (including phenoxy) is 1. The molecular weight excluding hydrogens is 260 g/mol. The summed E-state index contributed by atoms with van der Waals surface area (Å²) < 4.78 is 4.68. The molecule has 0 saturated carbocycles. The van der Waals surface area contributed by atoms with Crippen LogP contribution in [-0.2, 0) is 20.7 Å². The van der Waals surface area contributed by atoms with Crippen LogP contribution in [0, 0.1) is 0 Å². The fourth-order valence-electron chi connectivity index (χ4n) is 2.14. The third kappa shape index (κ3) is 2.90. The Kier molecular flexibility index (Phi) is 3.93. The molecule has 1 atom stereocenters. The normalized spacial score (nSPS) is 12.1. The van der Waals surface area contributed by atoms with Crippen LogP contribution in [0.15, 0.2) is 24.4 Å². The van der Waals surface area contributed by atoms with Gasteiger partial charge in [0.05, 0.1) is 7.11 Å². The number of hydrogen-bond acceptors (Lipinski definition) is 4. The molecule has 0 aliphatic heterocycles. The van der Waals surface area contributed by atoms with Crippen molar-refractivity contribution < 1.29 is 19.4 Å². The van der Waals surface area contributed by atoms with Gasteiger partial charge in [-0.2, -0.15) is 0 Å². The number of amides is 1. The van der Waals surface area contributed by atoms with Gasteiger partial charge in [0.1, 0.15) is 11.8 Å². The van der Waals surface area contributed by atoms with E-state index in [0.29, 0.717) is 0 Å². The number of rotatable bonds is 4. The number of hydrogen-bond donors (Lipinski definition) is 3. The third-order valence-electron chi connectivity index (χ3n) is 3.04. The molecule has 1 aromatic carbocycles. The highest BCUT2D eigenvalue weighted by Crippen LogP contribution is 2.24. The monoisotopic (exact) mass is 276 g/mol. The number of esters is 1. The molecule has 0 aliphatic carbocycles. The van der Waals surface area contributed by atoms with Gasteiger partial charge in [0.2, 0.25) is 5.91 Å². The number of fused-ring (bicyclic) bond motifs is 1. The van der Waals surface area contributed by atoms with Crippen molar-refractivity contribution in [3.8, 4) is 5.75 Å². The lowest BCUT2D eigenvalue weighted by molar-refractivity contribution is -0.144. The fourth-order valence-corrected chi connectivity index (χ4v) is 2.14. The number of H-pyrrole nitrogens is 1. The zero-order valence-corrected chi connectivity index (χ0v) is 11.3. The van der Waals surface area contributed by atoms with E-state index < -0.39 is 12.0 Å². The predicted molar refractivity (Wildman–Crippen MR) is 73.3 cm³/mol. The van der Waals surface area contributed by atoms with Crippen molar-refractivity contribution in [3.05, 3.63) is 30.0 Å². The second kappa shape index (κ2) is 5.64. The molecule has 0 radical (unpaired) electrons. The first-order chi connectivity index (χ1) is 9.51. The predicted octanol–water partition coefficient (Wildman–Crippen LogP) is 1.09. The summed E-state index contributed by atoms with van der Waals surface area (Å²) in [7, 11) is 1.28. The van der Waals surface area contributed by atoms with Gasteiger partial charge in [0.15, 0.2) is 0 Å². The first-order valence-electron chi connectivity index (χ1n) is 6.15. The minimum Gasteiger partial charge on any atom is -0.508 e. The van der Waals surface area contributed by atoms with Crippen molar-refractivity contribution in [1.29, 1.82) is 0 Å². The van der Waals surface area contributed by atoms with Crippen LogP contribution in [0.3, 0.4) is 0 Å². The number of phenolic OH excluding ortho intramolecular Hbond substituents is 1. The van der Waals surface area contributed by atoms with Gasteiger partial charge in [0.25, 0.3) is 0 Å². The van der Waals surface area contributed by atoms with Crippen molar-refractivity contribution in [2.75, 3.05) is 7.11 Å². The SMILES string of the molecule is COC(=O)C(Cc1c[nH]c2ccc(O)cc12)NC(C)=O. The summed E-state index contributed by atoms with van der Waals surface area (Å²) in [5.74, 6) is -0.662. The van der Waals surface area contributed by atoms with Crippen molar-refractivity contribution in [1.82, 2.24) is 10.3 Å². The number of aromatic hydroxyl groups is 1. The van der Waals surface area contributed by atoms with E-state index in [1.807, 2.05) is 0 Å². The van der Waals surface area contributed by atoms with E-state index in [1.54, 1.807) is 24.4 Å². The van der Waals surface area contributed by atoms with E-state index in [1.165, 1.54) is 14.0 Å². The average Bonchev–Trinajstić information content (AvgIpc) is 2.79. The second-order valence-corrected chi connectivity index (χ2v) is 4.52. The van der Waals surface area contributed by atoms with E-state index in [9.17, 15) is 14.7 Å². The zero-order chi connectivity index (χ0) is 14.7. The van der Waals surface area contributed by atoms with E-state index >= 15 is 0 Å². The Balaban J connectivity index is 2.30. The summed E-state index contributed by atoms with van der Waals surface area (Å²) in [4.78, 5) is 25.9. The minimum atomic E-state index is -0.751. The highest BCUT2D eigenvalue weighted by atomic mass is 16.5. The van der Waals surface area contributed by atoms with Gasteiger partial charge < -0.3 is 20.1 Å². The number of methoxy groups -OCH3 is 1. The Morgan fingerprint density at radius 1 is 1.45 bits per heavy atom. The molecule has 0 aliphatic rings. The Morgan fingerprint density at radius 2 is 2.20 bits per heavy atom.